The first kappa shape index (κ1) is 13.0. The standard InChI is InChI=1S/C12H13NO6/c1-16-9-4-8(6-13-19-7-11(14)15)5-10-12(9)18-3-2-17-10/h4-6H,2-3,7H2,1H3,(H,14,15). The summed E-state index contributed by atoms with van der Waals surface area (Å²) in [7, 11) is 1.52. The average Bonchev–Trinajstić information content (AvgIpc) is 2.42. The highest BCUT2D eigenvalue weighted by molar-refractivity contribution is 5.82. The van der Waals surface area contributed by atoms with E-state index in [1.165, 1.54) is 13.3 Å². The number of oxime groups is 1. The molecule has 0 amide bonds. The lowest BCUT2D eigenvalue weighted by Crippen LogP contribution is -2.16. The summed E-state index contributed by atoms with van der Waals surface area (Å²) in [5, 5.41) is 11.9. The largest absolute Gasteiger partial charge is 0.493 e. The topological polar surface area (TPSA) is 86.6 Å². The molecule has 1 heterocycles. The fourth-order valence-corrected chi connectivity index (χ4v) is 1.56. The number of fused-ring (bicyclic) bond motifs is 1. The van der Waals surface area contributed by atoms with Crippen molar-refractivity contribution in [2.75, 3.05) is 26.9 Å². The lowest BCUT2D eigenvalue weighted by molar-refractivity contribution is -0.142. The Hall–Kier alpha value is -2.44. The molecule has 0 bridgehead atoms. The van der Waals surface area contributed by atoms with E-state index in [2.05, 4.69) is 9.99 Å². The van der Waals surface area contributed by atoms with E-state index >= 15 is 0 Å². The summed E-state index contributed by atoms with van der Waals surface area (Å²) in [6.07, 6.45) is 1.38. The zero-order valence-electron chi connectivity index (χ0n) is 10.3. The number of rotatable bonds is 5. The molecule has 1 aromatic carbocycles. The Morgan fingerprint density at radius 2 is 2.26 bits per heavy atom. The van der Waals surface area contributed by atoms with Gasteiger partial charge in [0.05, 0.1) is 13.3 Å². The van der Waals surface area contributed by atoms with E-state index in [9.17, 15) is 4.79 Å². The second-order valence-electron chi connectivity index (χ2n) is 3.65. The van der Waals surface area contributed by atoms with Crippen LogP contribution < -0.4 is 14.2 Å². The van der Waals surface area contributed by atoms with Crippen molar-refractivity contribution in [2.45, 2.75) is 0 Å². The van der Waals surface area contributed by atoms with Crippen LogP contribution in [-0.4, -0.2) is 44.2 Å². The predicted octanol–water partition coefficient (Wildman–Crippen LogP) is 0.901. The molecule has 0 aromatic heterocycles. The van der Waals surface area contributed by atoms with Gasteiger partial charge in [-0.3, -0.25) is 0 Å². The van der Waals surface area contributed by atoms with E-state index < -0.39 is 12.6 Å². The Balaban J connectivity index is 2.15. The van der Waals surface area contributed by atoms with Crippen LogP contribution in [0.1, 0.15) is 5.56 Å². The first-order valence-electron chi connectivity index (χ1n) is 5.55. The van der Waals surface area contributed by atoms with Gasteiger partial charge >= 0.3 is 5.97 Å². The first-order valence-corrected chi connectivity index (χ1v) is 5.55. The van der Waals surface area contributed by atoms with Crippen molar-refractivity contribution in [3.05, 3.63) is 17.7 Å². The minimum atomic E-state index is -1.09. The van der Waals surface area contributed by atoms with Gasteiger partial charge in [-0.1, -0.05) is 5.16 Å². The lowest BCUT2D eigenvalue weighted by Gasteiger charge is -2.20. The maximum atomic E-state index is 10.2. The van der Waals surface area contributed by atoms with Gasteiger partial charge < -0.3 is 24.2 Å². The highest BCUT2D eigenvalue weighted by atomic mass is 16.6. The molecule has 2 rings (SSSR count). The molecule has 0 aliphatic carbocycles. The summed E-state index contributed by atoms with van der Waals surface area (Å²) >= 11 is 0. The number of benzene rings is 1. The van der Waals surface area contributed by atoms with Gasteiger partial charge in [0.25, 0.3) is 0 Å². The maximum absolute atomic E-state index is 10.2. The zero-order chi connectivity index (χ0) is 13.7. The fourth-order valence-electron chi connectivity index (χ4n) is 1.56. The van der Waals surface area contributed by atoms with Crippen LogP contribution in [0.2, 0.25) is 0 Å². The molecule has 7 nitrogen and oxygen atoms in total. The number of carboxylic acids is 1. The summed E-state index contributed by atoms with van der Waals surface area (Å²) in [6.45, 7) is 0.447. The molecule has 1 aromatic rings. The van der Waals surface area contributed by atoms with Crippen LogP contribution in [0.15, 0.2) is 17.3 Å². The monoisotopic (exact) mass is 267 g/mol. The normalized spacial score (nSPS) is 13.3. The smallest absolute Gasteiger partial charge is 0.344 e. The molecule has 0 radical (unpaired) electrons. The van der Waals surface area contributed by atoms with E-state index in [1.807, 2.05) is 0 Å². The Bertz CT molecular complexity index is 482. The van der Waals surface area contributed by atoms with Crippen molar-refractivity contribution < 1.29 is 28.9 Å². The molecule has 0 saturated heterocycles. The average molecular weight is 267 g/mol. The molecule has 1 aliphatic heterocycles. The number of ether oxygens (including phenoxy) is 3. The first-order chi connectivity index (χ1) is 9.20. The van der Waals surface area contributed by atoms with Crippen molar-refractivity contribution in [3.8, 4) is 17.2 Å². The van der Waals surface area contributed by atoms with Crippen LogP contribution in [0.3, 0.4) is 0 Å². The molecular weight excluding hydrogens is 254 g/mol. The number of carboxylic acid groups (broad SMARTS) is 1. The summed E-state index contributed by atoms with van der Waals surface area (Å²) in [5.41, 5.74) is 0.659. The number of hydrogen-bond acceptors (Lipinski definition) is 6. The van der Waals surface area contributed by atoms with Gasteiger partial charge in [-0.2, -0.15) is 0 Å². The number of methoxy groups -OCH3 is 1. The van der Waals surface area contributed by atoms with Crippen molar-refractivity contribution in [2.24, 2.45) is 5.16 Å². The van der Waals surface area contributed by atoms with E-state index in [0.717, 1.165) is 0 Å². The minimum Gasteiger partial charge on any atom is -0.493 e. The van der Waals surface area contributed by atoms with Gasteiger partial charge in [-0.25, -0.2) is 4.79 Å². The number of nitrogens with zero attached hydrogens (tertiary/aromatic N) is 1. The van der Waals surface area contributed by atoms with Crippen molar-refractivity contribution in [3.63, 3.8) is 0 Å². The lowest BCUT2D eigenvalue weighted by atomic mass is 10.2. The van der Waals surface area contributed by atoms with Gasteiger partial charge in [-0.15, -0.1) is 0 Å². The quantitative estimate of drug-likeness (QED) is 0.630. The third kappa shape index (κ3) is 3.27. The van der Waals surface area contributed by atoms with E-state index in [1.54, 1.807) is 12.1 Å². The SMILES string of the molecule is COc1cc(C=NOCC(=O)O)cc2c1OCCO2. The number of hydrogen-bond donors (Lipinski definition) is 1. The molecule has 7 heteroatoms. The highest BCUT2D eigenvalue weighted by Gasteiger charge is 2.17. The van der Waals surface area contributed by atoms with Gasteiger partial charge in [0.2, 0.25) is 12.4 Å². The molecule has 1 N–H and O–H groups in total. The number of aliphatic carboxylic acids is 1. The summed E-state index contributed by atoms with van der Waals surface area (Å²) in [5.74, 6) is 0.552. The molecule has 19 heavy (non-hydrogen) atoms. The van der Waals surface area contributed by atoms with E-state index in [0.29, 0.717) is 36.0 Å². The van der Waals surface area contributed by atoms with Crippen LogP contribution in [0.4, 0.5) is 0 Å². The molecule has 0 fully saturated rings. The van der Waals surface area contributed by atoms with Gasteiger partial charge in [0.15, 0.2) is 11.5 Å². The van der Waals surface area contributed by atoms with Crippen LogP contribution in [-0.2, 0) is 9.63 Å². The molecular formula is C12H13NO6. The molecule has 102 valence electrons. The molecule has 0 atom stereocenters. The highest BCUT2D eigenvalue weighted by Crippen LogP contribution is 2.39. The van der Waals surface area contributed by atoms with Gasteiger partial charge in [0.1, 0.15) is 13.2 Å². The van der Waals surface area contributed by atoms with Crippen molar-refractivity contribution >= 4 is 12.2 Å². The predicted molar refractivity (Wildman–Crippen MR) is 65.2 cm³/mol. The van der Waals surface area contributed by atoms with Crippen LogP contribution in [0.25, 0.3) is 0 Å². The van der Waals surface area contributed by atoms with Gasteiger partial charge in [0, 0.05) is 5.56 Å². The van der Waals surface area contributed by atoms with Crippen molar-refractivity contribution in [1.29, 1.82) is 0 Å². The fraction of sp³-hybridized carbons (Fsp3) is 0.333. The molecule has 0 spiro atoms. The van der Waals surface area contributed by atoms with Gasteiger partial charge in [-0.05, 0) is 12.1 Å². The summed E-state index contributed by atoms with van der Waals surface area (Å²) < 4.78 is 16.1. The van der Waals surface area contributed by atoms with Crippen molar-refractivity contribution in [1.82, 2.24) is 0 Å². The van der Waals surface area contributed by atoms with Crippen LogP contribution in [0.5, 0.6) is 17.2 Å². The Morgan fingerprint density at radius 1 is 1.47 bits per heavy atom. The van der Waals surface area contributed by atoms with Crippen LogP contribution in [0, 0.1) is 0 Å². The molecule has 0 unspecified atom stereocenters. The molecule has 1 aliphatic rings. The zero-order valence-corrected chi connectivity index (χ0v) is 10.3. The van der Waals surface area contributed by atoms with E-state index in [-0.39, 0.29) is 0 Å². The Kier molecular flexibility index (Phi) is 4.07. The third-order valence-corrected chi connectivity index (χ3v) is 2.31. The second kappa shape index (κ2) is 5.94. The third-order valence-electron chi connectivity index (χ3n) is 2.31. The Labute approximate surface area is 109 Å². The Morgan fingerprint density at radius 3 is 3.00 bits per heavy atom. The second-order valence-corrected chi connectivity index (χ2v) is 3.65. The summed E-state index contributed by atoms with van der Waals surface area (Å²) in [4.78, 5) is 14.8. The molecule has 0 saturated carbocycles. The van der Waals surface area contributed by atoms with E-state index in [4.69, 9.17) is 19.3 Å². The maximum Gasteiger partial charge on any atom is 0.344 e. The minimum absolute atomic E-state index is 0.465. The van der Waals surface area contributed by atoms with Crippen LogP contribution >= 0.6 is 0 Å². The summed E-state index contributed by atoms with van der Waals surface area (Å²) in [6, 6.07) is 3.41. The number of carbonyl (C=O) groups is 1.